The number of benzene rings is 1. The molecule has 4 N–H and O–H groups in total. The molecule has 0 saturated carbocycles. The van der Waals surface area contributed by atoms with Crippen molar-refractivity contribution in [1.82, 2.24) is 0 Å². The van der Waals surface area contributed by atoms with E-state index in [1.165, 1.54) is 25.3 Å². The minimum Gasteiger partial charge on any atom is -0.504 e. The number of ether oxygens (including phenoxy) is 1. The zero-order valence-corrected chi connectivity index (χ0v) is 10.5. The van der Waals surface area contributed by atoms with Crippen molar-refractivity contribution in [3.63, 3.8) is 0 Å². The van der Waals surface area contributed by atoms with Gasteiger partial charge in [0, 0.05) is 11.8 Å². The number of rotatable bonds is 4. The molecule has 0 aliphatic rings. The minimum atomic E-state index is -0.757. The Labute approximate surface area is 113 Å². The van der Waals surface area contributed by atoms with Gasteiger partial charge in [-0.2, -0.15) is 0 Å². The second kappa shape index (κ2) is 5.35. The maximum Gasteiger partial charge on any atom is 0.259 e. The highest BCUT2D eigenvalue weighted by molar-refractivity contribution is 6.11. The predicted octanol–water partition coefficient (Wildman–Crippen LogP) is 1.34. The van der Waals surface area contributed by atoms with Crippen molar-refractivity contribution >= 4 is 17.5 Å². The van der Waals surface area contributed by atoms with E-state index in [1.807, 2.05) is 0 Å². The number of anilines is 1. The van der Waals surface area contributed by atoms with E-state index in [1.54, 1.807) is 0 Å². The van der Waals surface area contributed by atoms with Gasteiger partial charge in [-0.05, 0) is 12.1 Å². The first kappa shape index (κ1) is 13.5. The molecule has 2 amide bonds. The summed E-state index contributed by atoms with van der Waals surface area (Å²) >= 11 is 0. The predicted molar refractivity (Wildman–Crippen MR) is 69.8 cm³/mol. The van der Waals surface area contributed by atoms with Crippen molar-refractivity contribution in [2.75, 3.05) is 12.4 Å². The first-order chi connectivity index (χ1) is 9.52. The van der Waals surface area contributed by atoms with Crippen molar-refractivity contribution in [2.24, 2.45) is 5.73 Å². The summed E-state index contributed by atoms with van der Waals surface area (Å²) in [5.41, 5.74) is 5.54. The molecule has 7 nitrogen and oxygen atoms in total. The molecule has 7 heteroatoms. The average Bonchev–Trinajstić information content (AvgIpc) is 2.90. The fraction of sp³-hybridized carbons (Fsp3) is 0.0769. The number of aromatic hydroxyl groups is 1. The molecule has 20 heavy (non-hydrogen) atoms. The number of carbonyl (C=O) groups excluding carboxylic acids is 2. The van der Waals surface area contributed by atoms with Crippen LogP contribution in [-0.4, -0.2) is 24.0 Å². The lowest BCUT2D eigenvalue weighted by Crippen LogP contribution is -2.18. The fourth-order valence-corrected chi connectivity index (χ4v) is 1.62. The van der Waals surface area contributed by atoms with Gasteiger partial charge in [0.25, 0.3) is 11.8 Å². The van der Waals surface area contributed by atoms with Crippen LogP contribution in [0.1, 0.15) is 20.7 Å². The molecule has 0 unspecified atom stereocenters. The molecule has 0 saturated heterocycles. The molecule has 0 bridgehead atoms. The van der Waals surface area contributed by atoms with E-state index in [2.05, 4.69) is 5.32 Å². The lowest BCUT2D eigenvalue weighted by atomic mass is 10.1. The normalized spacial score (nSPS) is 10.1. The van der Waals surface area contributed by atoms with Crippen LogP contribution in [0.15, 0.2) is 35.1 Å². The first-order valence-electron chi connectivity index (χ1n) is 5.57. The average molecular weight is 276 g/mol. The van der Waals surface area contributed by atoms with E-state index in [-0.39, 0.29) is 22.6 Å². The number of carbonyl (C=O) groups is 2. The Kier molecular flexibility index (Phi) is 3.60. The summed E-state index contributed by atoms with van der Waals surface area (Å²) in [6, 6.07) is 4.30. The van der Waals surface area contributed by atoms with Crippen LogP contribution in [0.2, 0.25) is 0 Å². The largest absolute Gasteiger partial charge is 0.504 e. The number of primary amides is 1. The summed E-state index contributed by atoms with van der Waals surface area (Å²) in [5, 5.41) is 12.0. The number of furan rings is 1. The molecule has 104 valence electrons. The molecule has 1 aromatic carbocycles. The number of methoxy groups -OCH3 is 1. The second-order valence-corrected chi connectivity index (χ2v) is 3.90. The van der Waals surface area contributed by atoms with Crippen LogP contribution in [0.25, 0.3) is 0 Å². The van der Waals surface area contributed by atoms with Gasteiger partial charge in [-0.3, -0.25) is 9.59 Å². The number of nitrogens with two attached hydrogens (primary N) is 1. The monoisotopic (exact) mass is 276 g/mol. The van der Waals surface area contributed by atoms with Gasteiger partial charge in [0.1, 0.15) is 12.5 Å². The highest BCUT2D eigenvalue weighted by Gasteiger charge is 2.18. The van der Waals surface area contributed by atoms with Crippen molar-refractivity contribution in [2.45, 2.75) is 0 Å². The summed E-state index contributed by atoms with van der Waals surface area (Å²) in [5.74, 6) is -1.15. The second-order valence-electron chi connectivity index (χ2n) is 3.90. The number of hydrogen-bond donors (Lipinski definition) is 3. The Morgan fingerprint density at radius 2 is 2.00 bits per heavy atom. The standard InChI is InChI=1S/C13H12N2O5/c1-19-11-4-7(2-3-10(11)16)15-13(18)9-6-20-5-8(9)12(14)17/h2-6,16H,1H3,(H2,14,17)(H,15,18). The lowest BCUT2D eigenvalue weighted by Gasteiger charge is -2.08. The zero-order chi connectivity index (χ0) is 14.7. The van der Waals surface area contributed by atoms with Crippen LogP contribution in [0.3, 0.4) is 0 Å². The molecule has 2 rings (SSSR count). The van der Waals surface area contributed by atoms with Gasteiger partial charge in [-0.15, -0.1) is 0 Å². The Morgan fingerprint density at radius 1 is 1.30 bits per heavy atom. The first-order valence-corrected chi connectivity index (χ1v) is 5.57. The maximum absolute atomic E-state index is 12.0. The number of amides is 2. The van der Waals surface area contributed by atoms with E-state index in [0.717, 1.165) is 12.5 Å². The SMILES string of the molecule is COc1cc(NC(=O)c2cocc2C(N)=O)ccc1O. The lowest BCUT2D eigenvalue weighted by molar-refractivity contribution is 0.0978. The molecular formula is C13H12N2O5. The van der Waals surface area contributed by atoms with Crippen LogP contribution in [0.5, 0.6) is 11.5 Å². The third kappa shape index (κ3) is 2.56. The van der Waals surface area contributed by atoms with Gasteiger partial charge in [0.05, 0.1) is 18.2 Å². The topological polar surface area (TPSA) is 115 Å². The molecule has 0 radical (unpaired) electrons. The molecule has 0 aliphatic carbocycles. The molecular weight excluding hydrogens is 264 g/mol. The van der Waals surface area contributed by atoms with E-state index >= 15 is 0 Å². The Hall–Kier alpha value is -2.96. The molecule has 0 atom stereocenters. The van der Waals surface area contributed by atoms with Crippen LogP contribution in [0.4, 0.5) is 5.69 Å². The number of phenolic OH excluding ortho intramolecular Hbond substituents is 1. The van der Waals surface area contributed by atoms with Crippen LogP contribution in [0, 0.1) is 0 Å². The molecule has 2 aromatic rings. The summed E-state index contributed by atoms with van der Waals surface area (Å²) < 4.78 is 9.73. The molecule has 0 spiro atoms. The maximum atomic E-state index is 12.0. The Morgan fingerprint density at radius 3 is 2.65 bits per heavy atom. The summed E-state index contributed by atoms with van der Waals surface area (Å²) in [6.45, 7) is 0. The van der Waals surface area contributed by atoms with Crippen molar-refractivity contribution < 1.29 is 23.8 Å². The number of hydrogen-bond acceptors (Lipinski definition) is 5. The summed E-state index contributed by atoms with van der Waals surface area (Å²) in [7, 11) is 1.39. The van der Waals surface area contributed by atoms with E-state index in [4.69, 9.17) is 14.9 Å². The molecule has 0 aliphatic heterocycles. The van der Waals surface area contributed by atoms with Gasteiger partial charge < -0.3 is 25.3 Å². The minimum absolute atomic E-state index is 0.00626. The fourth-order valence-electron chi connectivity index (χ4n) is 1.62. The zero-order valence-electron chi connectivity index (χ0n) is 10.5. The summed E-state index contributed by atoms with van der Waals surface area (Å²) in [6.07, 6.45) is 2.24. The summed E-state index contributed by atoms with van der Waals surface area (Å²) in [4.78, 5) is 23.1. The molecule has 1 aromatic heterocycles. The van der Waals surface area contributed by atoms with Gasteiger partial charge in [0.15, 0.2) is 11.5 Å². The highest BCUT2D eigenvalue weighted by Crippen LogP contribution is 2.28. The van der Waals surface area contributed by atoms with Crippen molar-refractivity contribution in [3.05, 3.63) is 41.9 Å². The van der Waals surface area contributed by atoms with Gasteiger partial charge >= 0.3 is 0 Å². The number of phenols is 1. The van der Waals surface area contributed by atoms with Gasteiger partial charge in [-0.25, -0.2) is 0 Å². The van der Waals surface area contributed by atoms with Crippen molar-refractivity contribution in [1.29, 1.82) is 0 Å². The van der Waals surface area contributed by atoms with Crippen LogP contribution >= 0.6 is 0 Å². The van der Waals surface area contributed by atoms with Crippen molar-refractivity contribution in [3.8, 4) is 11.5 Å². The van der Waals surface area contributed by atoms with Gasteiger partial charge in [-0.1, -0.05) is 0 Å². The number of nitrogens with one attached hydrogen (secondary N) is 1. The Bertz CT molecular complexity index is 663. The molecule has 0 fully saturated rings. The third-order valence-electron chi connectivity index (χ3n) is 2.61. The molecule has 1 heterocycles. The highest BCUT2D eigenvalue weighted by atomic mass is 16.5. The van der Waals surface area contributed by atoms with Gasteiger partial charge in [0.2, 0.25) is 0 Å². The van der Waals surface area contributed by atoms with E-state index < -0.39 is 11.8 Å². The van der Waals surface area contributed by atoms with Crippen LogP contribution in [-0.2, 0) is 0 Å². The van der Waals surface area contributed by atoms with E-state index in [0.29, 0.717) is 5.69 Å². The Balaban J connectivity index is 2.23. The van der Waals surface area contributed by atoms with Crippen LogP contribution < -0.4 is 15.8 Å². The quantitative estimate of drug-likeness (QED) is 0.729. The van der Waals surface area contributed by atoms with E-state index in [9.17, 15) is 14.7 Å². The smallest absolute Gasteiger partial charge is 0.259 e. The third-order valence-corrected chi connectivity index (χ3v) is 2.61.